The molecule has 1 unspecified atom stereocenters. The number of allylic oxidation sites excluding steroid dienone is 2. The molecule has 158 valence electrons. The van der Waals surface area contributed by atoms with Gasteiger partial charge < -0.3 is 15.5 Å². The lowest BCUT2D eigenvalue weighted by Crippen LogP contribution is -2.39. The van der Waals surface area contributed by atoms with Gasteiger partial charge in [0.25, 0.3) is 0 Å². The zero-order valence-electron chi connectivity index (χ0n) is 17.3. The summed E-state index contributed by atoms with van der Waals surface area (Å²) in [6.45, 7) is 2.81. The van der Waals surface area contributed by atoms with E-state index >= 15 is 0 Å². The first-order chi connectivity index (χ1) is 13.1. The summed E-state index contributed by atoms with van der Waals surface area (Å²) in [5.41, 5.74) is 0. The van der Waals surface area contributed by atoms with E-state index < -0.39 is 18.0 Å². The Kier molecular flexibility index (Phi) is 18.4. The summed E-state index contributed by atoms with van der Waals surface area (Å²) in [7, 11) is 0. The van der Waals surface area contributed by atoms with E-state index in [0.29, 0.717) is 6.54 Å². The normalized spacial score (nSPS) is 12.5. The summed E-state index contributed by atoms with van der Waals surface area (Å²) in [5.74, 6) is -2.18. The van der Waals surface area contributed by atoms with Crippen molar-refractivity contribution in [3.05, 3.63) is 12.2 Å². The van der Waals surface area contributed by atoms with E-state index in [1.165, 1.54) is 70.6 Å². The lowest BCUT2D eigenvalue weighted by Gasteiger charge is -2.11. The molecular weight excluding hydrogens is 342 g/mol. The van der Waals surface area contributed by atoms with Crippen LogP contribution < -0.4 is 5.32 Å². The third kappa shape index (κ3) is 19.2. The molecule has 0 aromatic heterocycles. The molecule has 0 aliphatic rings. The van der Waals surface area contributed by atoms with Gasteiger partial charge in [-0.25, -0.2) is 0 Å². The van der Waals surface area contributed by atoms with Gasteiger partial charge in [-0.15, -0.1) is 0 Å². The van der Waals surface area contributed by atoms with Gasteiger partial charge in [-0.05, 0) is 38.6 Å². The van der Waals surface area contributed by atoms with Crippen LogP contribution in [0.4, 0.5) is 0 Å². The van der Waals surface area contributed by atoms with Crippen LogP contribution in [0.2, 0.25) is 0 Å². The molecule has 0 fully saturated rings. The van der Waals surface area contributed by atoms with Crippen LogP contribution in [0.15, 0.2) is 12.2 Å². The van der Waals surface area contributed by atoms with E-state index in [1.807, 2.05) is 0 Å². The molecule has 27 heavy (non-hydrogen) atoms. The summed E-state index contributed by atoms with van der Waals surface area (Å²) in [6.07, 6.45) is 21.6. The second-order valence-corrected chi connectivity index (χ2v) is 7.38. The molecule has 0 aromatic carbocycles. The Labute approximate surface area is 165 Å². The van der Waals surface area contributed by atoms with Crippen LogP contribution in [0.3, 0.4) is 0 Å². The zero-order valence-corrected chi connectivity index (χ0v) is 17.3. The van der Waals surface area contributed by atoms with Crippen molar-refractivity contribution in [1.29, 1.82) is 0 Å². The van der Waals surface area contributed by atoms with Crippen molar-refractivity contribution in [3.63, 3.8) is 0 Å². The van der Waals surface area contributed by atoms with Crippen LogP contribution in [0.1, 0.15) is 103 Å². The first kappa shape index (κ1) is 25.6. The van der Waals surface area contributed by atoms with Gasteiger partial charge in [0.1, 0.15) is 6.04 Å². The number of unbranched alkanes of at least 4 members (excludes halogenated alkanes) is 12. The summed E-state index contributed by atoms with van der Waals surface area (Å²) in [5, 5.41) is 20.4. The lowest BCUT2D eigenvalue weighted by molar-refractivity contribution is -0.145. The second kappa shape index (κ2) is 19.4. The molecule has 3 N–H and O–H groups in total. The smallest absolute Gasteiger partial charge is 0.321 e. The van der Waals surface area contributed by atoms with Gasteiger partial charge >= 0.3 is 11.9 Å². The highest BCUT2D eigenvalue weighted by Gasteiger charge is 2.19. The highest BCUT2D eigenvalue weighted by molar-refractivity contribution is 5.80. The summed E-state index contributed by atoms with van der Waals surface area (Å²) in [4.78, 5) is 21.5. The van der Waals surface area contributed by atoms with E-state index in [-0.39, 0.29) is 6.42 Å². The lowest BCUT2D eigenvalue weighted by atomic mass is 10.1. The van der Waals surface area contributed by atoms with Gasteiger partial charge in [-0.3, -0.25) is 9.59 Å². The number of carboxylic acid groups (broad SMARTS) is 2. The van der Waals surface area contributed by atoms with Crippen LogP contribution >= 0.6 is 0 Å². The van der Waals surface area contributed by atoms with Gasteiger partial charge in [-0.1, -0.05) is 76.9 Å². The molecule has 0 saturated heterocycles. The van der Waals surface area contributed by atoms with Crippen molar-refractivity contribution in [2.75, 3.05) is 6.54 Å². The maximum absolute atomic E-state index is 10.9. The van der Waals surface area contributed by atoms with Gasteiger partial charge in [0.05, 0.1) is 6.42 Å². The topological polar surface area (TPSA) is 86.6 Å². The molecule has 0 saturated carbocycles. The van der Waals surface area contributed by atoms with Gasteiger partial charge in [0.2, 0.25) is 0 Å². The highest BCUT2D eigenvalue weighted by Crippen LogP contribution is 2.09. The third-order valence-corrected chi connectivity index (χ3v) is 4.76. The predicted octanol–water partition coefficient (Wildman–Crippen LogP) is 5.54. The summed E-state index contributed by atoms with van der Waals surface area (Å²) < 4.78 is 0. The van der Waals surface area contributed by atoms with Crippen LogP contribution in [0.25, 0.3) is 0 Å². The zero-order chi connectivity index (χ0) is 20.2. The standard InChI is InChI=1S/C22H41NO4/c1-2-3-4-5-6-7-8-9-10-11-12-13-14-15-16-17-18-23-20(22(26)27)19-21(24)25/h9-10,20,23H,2-8,11-19H2,1H3,(H,24,25)(H,26,27)/b10-9-. The second-order valence-electron chi connectivity index (χ2n) is 7.38. The number of hydrogen-bond acceptors (Lipinski definition) is 3. The minimum Gasteiger partial charge on any atom is -0.481 e. The molecule has 0 spiro atoms. The fourth-order valence-corrected chi connectivity index (χ4v) is 3.07. The molecule has 0 aliphatic carbocycles. The van der Waals surface area contributed by atoms with Crippen LogP contribution in [0, 0.1) is 0 Å². The minimum absolute atomic E-state index is 0.373. The van der Waals surface area contributed by atoms with Crippen molar-refractivity contribution in [3.8, 4) is 0 Å². The molecule has 0 radical (unpaired) electrons. The van der Waals surface area contributed by atoms with Crippen LogP contribution in [-0.4, -0.2) is 34.7 Å². The molecular formula is C22H41NO4. The number of carboxylic acids is 2. The molecule has 0 aliphatic heterocycles. The molecule has 0 rings (SSSR count). The fraction of sp³-hybridized carbons (Fsp3) is 0.818. The Morgan fingerprint density at radius 3 is 1.74 bits per heavy atom. The van der Waals surface area contributed by atoms with E-state index in [9.17, 15) is 9.59 Å². The Balaban J connectivity index is 3.34. The quantitative estimate of drug-likeness (QED) is 0.190. The highest BCUT2D eigenvalue weighted by atomic mass is 16.4. The largest absolute Gasteiger partial charge is 0.481 e. The Morgan fingerprint density at radius 1 is 0.778 bits per heavy atom. The van der Waals surface area contributed by atoms with Crippen LogP contribution in [0.5, 0.6) is 0 Å². The SMILES string of the molecule is CCCCCCCC/C=C\CCCCCCCCNC(CC(=O)O)C(=O)O. The molecule has 0 bridgehead atoms. The van der Waals surface area contributed by atoms with Crippen LogP contribution in [-0.2, 0) is 9.59 Å². The van der Waals surface area contributed by atoms with Crippen molar-refractivity contribution in [2.24, 2.45) is 0 Å². The average Bonchev–Trinajstić information content (AvgIpc) is 2.62. The maximum atomic E-state index is 10.9. The monoisotopic (exact) mass is 383 g/mol. The van der Waals surface area contributed by atoms with Crippen molar-refractivity contribution >= 4 is 11.9 Å². The third-order valence-electron chi connectivity index (χ3n) is 4.76. The number of nitrogens with one attached hydrogen (secondary N) is 1. The minimum atomic E-state index is -1.10. The van der Waals surface area contributed by atoms with Crippen molar-refractivity contribution in [1.82, 2.24) is 5.32 Å². The Bertz CT molecular complexity index is 396. The number of carbonyl (C=O) groups is 2. The Hall–Kier alpha value is -1.36. The van der Waals surface area contributed by atoms with Crippen molar-refractivity contribution < 1.29 is 19.8 Å². The molecule has 5 nitrogen and oxygen atoms in total. The van der Waals surface area contributed by atoms with E-state index in [2.05, 4.69) is 24.4 Å². The average molecular weight is 384 g/mol. The van der Waals surface area contributed by atoms with E-state index in [0.717, 1.165) is 19.3 Å². The first-order valence-electron chi connectivity index (χ1n) is 10.9. The summed E-state index contributed by atoms with van der Waals surface area (Å²) in [6, 6.07) is -0.981. The van der Waals surface area contributed by atoms with E-state index in [1.54, 1.807) is 0 Å². The molecule has 0 aromatic rings. The predicted molar refractivity (Wildman–Crippen MR) is 111 cm³/mol. The van der Waals surface area contributed by atoms with Gasteiger partial charge in [0.15, 0.2) is 0 Å². The fourth-order valence-electron chi connectivity index (χ4n) is 3.07. The molecule has 0 heterocycles. The van der Waals surface area contributed by atoms with E-state index in [4.69, 9.17) is 10.2 Å². The molecule has 0 amide bonds. The van der Waals surface area contributed by atoms with Gasteiger partial charge in [0, 0.05) is 0 Å². The number of aliphatic carboxylic acids is 2. The Morgan fingerprint density at radius 2 is 1.26 bits per heavy atom. The molecule has 1 atom stereocenters. The first-order valence-corrected chi connectivity index (χ1v) is 10.9. The summed E-state index contributed by atoms with van der Waals surface area (Å²) >= 11 is 0. The number of rotatable bonds is 20. The maximum Gasteiger partial charge on any atom is 0.321 e. The van der Waals surface area contributed by atoms with Gasteiger partial charge in [-0.2, -0.15) is 0 Å². The molecule has 5 heteroatoms. The number of hydrogen-bond donors (Lipinski definition) is 3. The van der Waals surface area contributed by atoms with Crippen molar-refractivity contribution in [2.45, 2.75) is 109 Å².